The van der Waals surface area contributed by atoms with E-state index < -0.39 is 18.1 Å². The number of hydrogen-bond acceptors (Lipinski definition) is 6. The minimum Gasteiger partial charge on any atom is -0.497 e. The Hall–Kier alpha value is -3.75. The van der Waals surface area contributed by atoms with E-state index in [-0.39, 0.29) is 25.3 Å². The van der Waals surface area contributed by atoms with Gasteiger partial charge in [-0.1, -0.05) is 30.3 Å². The van der Waals surface area contributed by atoms with E-state index in [0.717, 1.165) is 22.6 Å². The third-order valence-corrected chi connectivity index (χ3v) is 6.23. The van der Waals surface area contributed by atoms with Gasteiger partial charge in [0.1, 0.15) is 19.0 Å². The van der Waals surface area contributed by atoms with E-state index in [1.54, 1.807) is 18.1 Å². The second kappa shape index (κ2) is 10.5. The first kappa shape index (κ1) is 23.4. The molecular formula is C25H29N3O6. The standard InChI is InChI=1S/C25H29N3O6/c1-17-14-20(32-2)8-9-21(17)26-24(30)27-12-10-19(11-13-27)28-22(16-34-25(28)31)23(29)33-15-18-6-4-3-5-7-18/h3-9,14,19,22H,10-13,15-16H2,1-2H3,(H,26,30)/t22-/m0/s1. The minimum atomic E-state index is -0.775. The number of ether oxygens (including phenoxy) is 3. The number of nitrogens with one attached hydrogen (secondary N) is 1. The Bertz CT molecular complexity index is 1040. The molecule has 180 valence electrons. The monoisotopic (exact) mass is 467 g/mol. The Morgan fingerprint density at radius 1 is 1.12 bits per heavy atom. The van der Waals surface area contributed by atoms with Crippen LogP contribution in [0.5, 0.6) is 5.75 Å². The largest absolute Gasteiger partial charge is 0.497 e. The van der Waals surface area contributed by atoms with Crippen LogP contribution in [0.3, 0.4) is 0 Å². The fourth-order valence-corrected chi connectivity index (χ4v) is 4.29. The van der Waals surface area contributed by atoms with Crippen LogP contribution in [0.25, 0.3) is 0 Å². The lowest BCUT2D eigenvalue weighted by atomic mass is 10.0. The summed E-state index contributed by atoms with van der Waals surface area (Å²) in [4.78, 5) is 41.1. The van der Waals surface area contributed by atoms with Crippen LogP contribution in [0.1, 0.15) is 24.0 Å². The number of esters is 1. The van der Waals surface area contributed by atoms with Crippen molar-refractivity contribution in [3.8, 4) is 5.75 Å². The molecule has 2 aromatic rings. The summed E-state index contributed by atoms with van der Waals surface area (Å²) < 4.78 is 15.8. The van der Waals surface area contributed by atoms with Gasteiger partial charge in [-0.3, -0.25) is 4.90 Å². The Balaban J connectivity index is 1.31. The molecule has 34 heavy (non-hydrogen) atoms. The fourth-order valence-electron chi connectivity index (χ4n) is 4.29. The van der Waals surface area contributed by atoms with Crippen LogP contribution in [-0.2, 0) is 20.9 Å². The van der Waals surface area contributed by atoms with Crippen molar-refractivity contribution in [2.24, 2.45) is 0 Å². The number of carbonyl (C=O) groups is 3. The van der Waals surface area contributed by atoms with Gasteiger partial charge in [0.15, 0.2) is 6.04 Å². The number of aryl methyl sites for hydroxylation is 1. The summed E-state index contributed by atoms with van der Waals surface area (Å²) in [6.07, 6.45) is 0.581. The second-order valence-corrected chi connectivity index (χ2v) is 8.42. The first-order valence-corrected chi connectivity index (χ1v) is 11.3. The molecule has 0 aliphatic carbocycles. The highest BCUT2D eigenvalue weighted by atomic mass is 16.6. The molecule has 4 rings (SSSR count). The number of likely N-dealkylation sites (tertiary alicyclic amines) is 1. The maximum atomic E-state index is 12.8. The van der Waals surface area contributed by atoms with Crippen LogP contribution in [0.2, 0.25) is 0 Å². The minimum absolute atomic E-state index is 0.0239. The highest BCUT2D eigenvalue weighted by Crippen LogP contribution is 2.26. The molecule has 3 amide bonds. The molecule has 2 fully saturated rings. The number of benzene rings is 2. The van der Waals surface area contributed by atoms with E-state index in [4.69, 9.17) is 14.2 Å². The zero-order chi connectivity index (χ0) is 24.1. The number of hydrogen-bond donors (Lipinski definition) is 1. The van der Waals surface area contributed by atoms with Crippen molar-refractivity contribution in [2.75, 3.05) is 32.1 Å². The van der Waals surface area contributed by atoms with Crippen LogP contribution >= 0.6 is 0 Å². The highest BCUT2D eigenvalue weighted by molar-refractivity contribution is 5.90. The lowest BCUT2D eigenvalue weighted by molar-refractivity contribution is -0.150. The molecule has 0 aromatic heterocycles. The van der Waals surface area contributed by atoms with Crippen molar-refractivity contribution in [2.45, 2.75) is 38.5 Å². The second-order valence-electron chi connectivity index (χ2n) is 8.42. The van der Waals surface area contributed by atoms with Crippen molar-refractivity contribution >= 4 is 23.8 Å². The predicted octanol–water partition coefficient (Wildman–Crippen LogP) is 3.56. The summed E-state index contributed by atoms with van der Waals surface area (Å²) in [5, 5.41) is 2.94. The summed E-state index contributed by atoms with van der Waals surface area (Å²) in [6.45, 7) is 2.94. The number of amides is 3. The number of methoxy groups -OCH3 is 1. The summed E-state index contributed by atoms with van der Waals surface area (Å²) in [6, 6.07) is 13.7. The Kier molecular flexibility index (Phi) is 7.20. The van der Waals surface area contributed by atoms with E-state index >= 15 is 0 Å². The van der Waals surface area contributed by atoms with Crippen LogP contribution in [0.4, 0.5) is 15.3 Å². The Morgan fingerprint density at radius 2 is 1.85 bits per heavy atom. The fraction of sp³-hybridized carbons (Fsp3) is 0.400. The molecular weight excluding hydrogens is 438 g/mol. The molecule has 9 heteroatoms. The van der Waals surface area contributed by atoms with Gasteiger partial charge in [0, 0.05) is 24.8 Å². The van der Waals surface area contributed by atoms with Crippen molar-refractivity contribution in [3.05, 3.63) is 59.7 Å². The van der Waals surface area contributed by atoms with E-state index in [0.29, 0.717) is 25.9 Å². The molecule has 0 radical (unpaired) electrons. The average molecular weight is 468 g/mol. The van der Waals surface area contributed by atoms with Gasteiger partial charge in [-0.2, -0.15) is 0 Å². The Morgan fingerprint density at radius 3 is 2.53 bits per heavy atom. The number of rotatable bonds is 6. The van der Waals surface area contributed by atoms with Crippen LogP contribution < -0.4 is 10.1 Å². The molecule has 0 spiro atoms. The average Bonchev–Trinajstić information content (AvgIpc) is 3.25. The molecule has 0 bridgehead atoms. The van der Waals surface area contributed by atoms with Gasteiger partial charge in [-0.15, -0.1) is 0 Å². The molecule has 2 aromatic carbocycles. The smallest absolute Gasteiger partial charge is 0.410 e. The van der Waals surface area contributed by atoms with Gasteiger partial charge in [-0.25, -0.2) is 14.4 Å². The third-order valence-electron chi connectivity index (χ3n) is 6.23. The molecule has 2 aliphatic rings. The molecule has 0 saturated carbocycles. The van der Waals surface area contributed by atoms with Gasteiger partial charge in [-0.05, 0) is 49.1 Å². The molecule has 2 saturated heterocycles. The number of urea groups is 1. The van der Waals surface area contributed by atoms with E-state index in [9.17, 15) is 14.4 Å². The summed E-state index contributed by atoms with van der Waals surface area (Å²) >= 11 is 0. The topological polar surface area (TPSA) is 97.4 Å². The normalized spacial score (nSPS) is 18.4. The maximum absolute atomic E-state index is 12.8. The van der Waals surface area contributed by atoms with E-state index in [1.165, 1.54) is 4.90 Å². The molecule has 9 nitrogen and oxygen atoms in total. The maximum Gasteiger partial charge on any atom is 0.410 e. The summed E-state index contributed by atoms with van der Waals surface area (Å²) in [7, 11) is 1.60. The number of piperidine rings is 1. The first-order valence-electron chi connectivity index (χ1n) is 11.3. The third kappa shape index (κ3) is 5.24. The van der Waals surface area contributed by atoms with Gasteiger partial charge in [0.25, 0.3) is 0 Å². The zero-order valence-corrected chi connectivity index (χ0v) is 19.4. The van der Waals surface area contributed by atoms with Crippen LogP contribution in [0.15, 0.2) is 48.5 Å². The molecule has 1 N–H and O–H groups in total. The van der Waals surface area contributed by atoms with Gasteiger partial charge in [0.2, 0.25) is 0 Å². The van der Waals surface area contributed by atoms with Crippen molar-refractivity contribution in [1.82, 2.24) is 9.80 Å². The number of cyclic esters (lactones) is 1. The van der Waals surface area contributed by atoms with Gasteiger partial charge in [0.05, 0.1) is 7.11 Å². The number of anilines is 1. The molecule has 2 heterocycles. The Labute approximate surface area is 198 Å². The zero-order valence-electron chi connectivity index (χ0n) is 19.4. The van der Waals surface area contributed by atoms with Crippen molar-refractivity contribution in [1.29, 1.82) is 0 Å². The summed E-state index contributed by atoms with van der Waals surface area (Å²) in [5.74, 6) is 0.246. The predicted molar refractivity (Wildman–Crippen MR) is 125 cm³/mol. The number of carbonyl (C=O) groups excluding carboxylic acids is 3. The first-order chi connectivity index (χ1) is 16.5. The van der Waals surface area contributed by atoms with Crippen LogP contribution in [-0.4, -0.2) is 66.8 Å². The summed E-state index contributed by atoms with van der Waals surface area (Å²) in [5.41, 5.74) is 2.50. The van der Waals surface area contributed by atoms with Crippen LogP contribution in [0, 0.1) is 6.92 Å². The lowest BCUT2D eigenvalue weighted by Crippen LogP contribution is -2.52. The molecule has 2 aliphatic heterocycles. The van der Waals surface area contributed by atoms with Crippen molar-refractivity contribution in [3.63, 3.8) is 0 Å². The van der Waals surface area contributed by atoms with E-state index in [1.807, 2.05) is 49.4 Å². The molecule has 1 atom stereocenters. The molecule has 0 unspecified atom stereocenters. The SMILES string of the molecule is COc1ccc(NC(=O)N2CCC(N3C(=O)OC[C@H]3C(=O)OCc3ccccc3)CC2)c(C)c1. The van der Waals surface area contributed by atoms with Crippen molar-refractivity contribution < 1.29 is 28.6 Å². The lowest BCUT2D eigenvalue weighted by Gasteiger charge is -2.37. The van der Waals surface area contributed by atoms with E-state index in [2.05, 4.69) is 5.32 Å². The quantitative estimate of drug-likeness (QED) is 0.653. The van der Waals surface area contributed by atoms with Gasteiger partial charge >= 0.3 is 18.1 Å². The number of nitrogens with zero attached hydrogens (tertiary/aromatic N) is 2. The van der Waals surface area contributed by atoms with Gasteiger partial charge < -0.3 is 24.4 Å². The highest BCUT2D eigenvalue weighted by Gasteiger charge is 2.44.